The Labute approximate surface area is 170 Å². The van der Waals surface area contributed by atoms with Gasteiger partial charge in [0.25, 0.3) is 0 Å². The highest BCUT2D eigenvalue weighted by Gasteiger charge is 2.09. The number of aryl methyl sites for hydroxylation is 1. The molecule has 0 saturated carbocycles. The van der Waals surface area contributed by atoms with Crippen LogP contribution in [0.3, 0.4) is 0 Å². The van der Waals surface area contributed by atoms with Crippen LogP contribution in [0.5, 0.6) is 11.5 Å². The van der Waals surface area contributed by atoms with E-state index in [0.717, 1.165) is 22.2 Å². The fourth-order valence-corrected chi connectivity index (χ4v) is 2.98. The standard InChI is InChI=1S/C17H24N4O2S.HI/c1-12-20-14(11-24-12)10-21(3)17(18-2)19-8-7-13-5-6-15(23-4)9-16(13)22;/h5-6,9,11,22H,7-8,10H2,1-4H3,(H,18,19);1H. The van der Waals surface area contributed by atoms with E-state index in [-0.39, 0.29) is 29.7 Å². The molecule has 25 heavy (non-hydrogen) atoms. The first kappa shape index (κ1) is 21.5. The normalized spacial score (nSPS) is 11.0. The molecule has 1 aromatic carbocycles. The van der Waals surface area contributed by atoms with Gasteiger partial charge in [0.05, 0.1) is 24.4 Å². The predicted molar refractivity (Wildman–Crippen MR) is 113 cm³/mol. The van der Waals surface area contributed by atoms with Crippen LogP contribution in [0, 0.1) is 6.92 Å². The molecule has 0 aliphatic carbocycles. The molecule has 0 aliphatic heterocycles. The van der Waals surface area contributed by atoms with Gasteiger partial charge >= 0.3 is 0 Å². The molecule has 0 amide bonds. The number of phenolic OH excluding ortho intramolecular Hbond substituents is 1. The van der Waals surface area contributed by atoms with E-state index in [1.807, 2.05) is 31.0 Å². The van der Waals surface area contributed by atoms with Gasteiger partial charge in [0.2, 0.25) is 0 Å². The number of hydrogen-bond donors (Lipinski definition) is 2. The Hall–Kier alpha value is -1.55. The summed E-state index contributed by atoms with van der Waals surface area (Å²) in [6.07, 6.45) is 0.693. The van der Waals surface area contributed by atoms with Crippen molar-refractivity contribution in [3.63, 3.8) is 0 Å². The van der Waals surface area contributed by atoms with Crippen molar-refractivity contribution in [3.05, 3.63) is 39.8 Å². The summed E-state index contributed by atoms with van der Waals surface area (Å²) in [4.78, 5) is 10.8. The molecule has 0 saturated heterocycles. The third-order valence-corrected chi connectivity index (χ3v) is 4.43. The lowest BCUT2D eigenvalue weighted by molar-refractivity contribution is 0.406. The summed E-state index contributed by atoms with van der Waals surface area (Å²) in [5, 5.41) is 16.4. The highest BCUT2D eigenvalue weighted by atomic mass is 127. The van der Waals surface area contributed by atoms with E-state index in [9.17, 15) is 5.11 Å². The first-order chi connectivity index (χ1) is 11.5. The second-order valence-electron chi connectivity index (χ2n) is 5.43. The largest absolute Gasteiger partial charge is 0.508 e. The third-order valence-electron chi connectivity index (χ3n) is 3.61. The maximum atomic E-state index is 10.00. The molecular weight excluding hydrogens is 451 g/mol. The van der Waals surface area contributed by atoms with Crippen LogP contribution in [-0.4, -0.2) is 48.7 Å². The minimum atomic E-state index is 0. The van der Waals surface area contributed by atoms with Gasteiger partial charge in [-0.2, -0.15) is 0 Å². The summed E-state index contributed by atoms with van der Waals surface area (Å²) < 4.78 is 5.09. The number of aromatic nitrogens is 1. The van der Waals surface area contributed by atoms with Crippen molar-refractivity contribution in [1.29, 1.82) is 0 Å². The van der Waals surface area contributed by atoms with Gasteiger partial charge in [-0.05, 0) is 25.0 Å². The van der Waals surface area contributed by atoms with Crippen molar-refractivity contribution in [2.75, 3.05) is 27.7 Å². The number of aliphatic imine (C=N–C) groups is 1. The number of rotatable bonds is 6. The summed E-state index contributed by atoms with van der Waals surface area (Å²) in [6, 6.07) is 5.35. The number of nitrogens with zero attached hydrogens (tertiary/aromatic N) is 3. The van der Waals surface area contributed by atoms with E-state index < -0.39 is 0 Å². The number of ether oxygens (including phenoxy) is 1. The SMILES string of the molecule is CN=C(NCCc1ccc(OC)cc1O)N(C)Cc1csc(C)n1.I. The number of phenols is 1. The van der Waals surface area contributed by atoms with Gasteiger partial charge < -0.3 is 20.1 Å². The van der Waals surface area contributed by atoms with Gasteiger partial charge in [-0.25, -0.2) is 4.98 Å². The van der Waals surface area contributed by atoms with E-state index in [0.29, 0.717) is 25.3 Å². The van der Waals surface area contributed by atoms with Crippen LogP contribution >= 0.6 is 35.3 Å². The van der Waals surface area contributed by atoms with Crippen molar-refractivity contribution < 1.29 is 9.84 Å². The third kappa shape index (κ3) is 6.35. The zero-order chi connectivity index (χ0) is 17.5. The van der Waals surface area contributed by atoms with Gasteiger partial charge in [-0.3, -0.25) is 4.99 Å². The number of thiazole rings is 1. The topological polar surface area (TPSA) is 70.0 Å². The number of methoxy groups -OCH3 is 1. The molecule has 0 spiro atoms. The number of aromatic hydroxyl groups is 1. The predicted octanol–water partition coefficient (Wildman–Crippen LogP) is 3.03. The Bertz CT molecular complexity index is 706. The summed E-state index contributed by atoms with van der Waals surface area (Å²) in [7, 11) is 5.32. The Morgan fingerprint density at radius 2 is 2.20 bits per heavy atom. The van der Waals surface area contributed by atoms with Crippen LogP contribution in [0.2, 0.25) is 0 Å². The second-order valence-corrected chi connectivity index (χ2v) is 6.49. The molecule has 2 N–H and O–H groups in total. The molecule has 1 aromatic heterocycles. The van der Waals surface area contributed by atoms with Crippen molar-refractivity contribution >= 4 is 41.3 Å². The average molecular weight is 476 g/mol. The summed E-state index contributed by atoms with van der Waals surface area (Å²) in [5.74, 6) is 1.70. The van der Waals surface area contributed by atoms with Crippen molar-refractivity contribution in [2.45, 2.75) is 19.9 Å². The van der Waals surface area contributed by atoms with Gasteiger partial charge in [-0.1, -0.05) is 6.07 Å². The number of guanidine groups is 1. The van der Waals surface area contributed by atoms with Gasteiger partial charge in [-0.15, -0.1) is 35.3 Å². The molecule has 6 nitrogen and oxygen atoms in total. The number of halogens is 1. The Morgan fingerprint density at radius 1 is 1.44 bits per heavy atom. The Morgan fingerprint density at radius 3 is 2.76 bits per heavy atom. The Kier molecular flexibility index (Phi) is 8.98. The van der Waals surface area contributed by atoms with E-state index in [2.05, 4.69) is 20.7 Å². The molecular formula is C17H25IN4O2S. The molecule has 138 valence electrons. The molecule has 8 heteroatoms. The highest BCUT2D eigenvalue weighted by molar-refractivity contribution is 14.0. The van der Waals surface area contributed by atoms with Crippen LogP contribution in [0.15, 0.2) is 28.6 Å². The number of hydrogen-bond acceptors (Lipinski definition) is 5. The fraction of sp³-hybridized carbons (Fsp3) is 0.412. The minimum absolute atomic E-state index is 0. The second kappa shape index (κ2) is 10.4. The maximum Gasteiger partial charge on any atom is 0.193 e. The van der Waals surface area contributed by atoms with E-state index >= 15 is 0 Å². The minimum Gasteiger partial charge on any atom is -0.508 e. The zero-order valence-electron chi connectivity index (χ0n) is 14.9. The monoisotopic (exact) mass is 476 g/mol. The van der Waals surface area contributed by atoms with Crippen LogP contribution in [0.1, 0.15) is 16.3 Å². The van der Waals surface area contributed by atoms with Crippen LogP contribution < -0.4 is 10.1 Å². The average Bonchev–Trinajstić information content (AvgIpc) is 2.97. The molecule has 0 bridgehead atoms. The maximum absolute atomic E-state index is 10.00. The smallest absolute Gasteiger partial charge is 0.193 e. The van der Waals surface area contributed by atoms with Crippen LogP contribution in [0.4, 0.5) is 0 Å². The zero-order valence-corrected chi connectivity index (χ0v) is 18.1. The number of benzene rings is 1. The van der Waals surface area contributed by atoms with Crippen molar-refractivity contribution in [2.24, 2.45) is 4.99 Å². The van der Waals surface area contributed by atoms with Gasteiger partial charge in [0.1, 0.15) is 11.5 Å². The molecule has 1 heterocycles. The van der Waals surface area contributed by atoms with Crippen molar-refractivity contribution in [1.82, 2.24) is 15.2 Å². The summed E-state index contributed by atoms with van der Waals surface area (Å²) >= 11 is 1.65. The Balaban J connectivity index is 0.00000312. The van der Waals surface area contributed by atoms with Gasteiger partial charge in [0.15, 0.2) is 5.96 Å². The van der Waals surface area contributed by atoms with E-state index in [1.165, 1.54) is 0 Å². The molecule has 0 aliphatic rings. The van der Waals surface area contributed by atoms with E-state index in [4.69, 9.17) is 4.74 Å². The van der Waals surface area contributed by atoms with Crippen LogP contribution in [-0.2, 0) is 13.0 Å². The first-order valence-electron chi connectivity index (χ1n) is 7.72. The van der Waals surface area contributed by atoms with E-state index in [1.54, 1.807) is 31.6 Å². The quantitative estimate of drug-likeness (QED) is 0.381. The highest BCUT2D eigenvalue weighted by Crippen LogP contribution is 2.23. The molecule has 2 aromatic rings. The molecule has 0 radical (unpaired) electrons. The number of nitrogens with one attached hydrogen (secondary N) is 1. The fourth-order valence-electron chi connectivity index (χ4n) is 2.37. The molecule has 0 fully saturated rings. The molecule has 2 rings (SSSR count). The molecule has 0 unspecified atom stereocenters. The van der Waals surface area contributed by atoms with Crippen LogP contribution in [0.25, 0.3) is 0 Å². The lowest BCUT2D eigenvalue weighted by Crippen LogP contribution is -2.39. The molecule has 0 atom stereocenters. The summed E-state index contributed by atoms with van der Waals surface area (Å²) in [6.45, 7) is 3.38. The van der Waals surface area contributed by atoms with Crippen molar-refractivity contribution in [3.8, 4) is 11.5 Å². The van der Waals surface area contributed by atoms with Gasteiger partial charge in [0, 0.05) is 32.1 Å². The summed E-state index contributed by atoms with van der Waals surface area (Å²) in [5.41, 5.74) is 1.91. The first-order valence-corrected chi connectivity index (χ1v) is 8.60. The lowest BCUT2D eigenvalue weighted by Gasteiger charge is -2.21. The lowest BCUT2D eigenvalue weighted by atomic mass is 10.1.